The van der Waals surface area contributed by atoms with Crippen LogP contribution in [0.2, 0.25) is 5.02 Å². The number of halogens is 2. The van der Waals surface area contributed by atoms with Crippen molar-refractivity contribution in [3.05, 3.63) is 71.1 Å². The molecule has 0 bridgehead atoms. The topological polar surface area (TPSA) is 121 Å². The fraction of sp³-hybridized carbons (Fsp3) is 0.167. The number of nitriles is 1. The third-order valence-electron chi connectivity index (χ3n) is 5.33. The summed E-state index contributed by atoms with van der Waals surface area (Å²) in [5.41, 5.74) is 2.84. The molecule has 2 heterocycles. The normalized spacial score (nSPS) is 11.5. The predicted molar refractivity (Wildman–Crippen MR) is 130 cm³/mol. The van der Waals surface area contributed by atoms with Crippen LogP contribution in [0.1, 0.15) is 24.9 Å². The van der Waals surface area contributed by atoms with E-state index in [0.29, 0.717) is 39.0 Å². The Morgan fingerprint density at radius 1 is 1.23 bits per heavy atom. The summed E-state index contributed by atoms with van der Waals surface area (Å²) in [4.78, 5) is 16.2. The number of amides is 1. The Balaban J connectivity index is 1.60. The van der Waals surface area contributed by atoms with Gasteiger partial charge in [-0.1, -0.05) is 48.0 Å². The minimum atomic E-state index is -0.485. The molecule has 0 saturated heterocycles. The van der Waals surface area contributed by atoms with Crippen LogP contribution in [0.5, 0.6) is 0 Å². The van der Waals surface area contributed by atoms with Gasteiger partial charge >= 0.3 is 0 Å². The molecule has 0 saturated carbocycles. The Labute approximate surface area is 205 Å². The number of tetrazole rings is 1. The molecule has 2 aromatic heterocycles. The fourth-order valence-corrected chi connectivity index (χ4v) is 3.80. The second-order valence-electron chi connectivity index (χ2n) is 7.68. The molecular formula is C24H20ClFN8O. The van der Waals surface area contributed by atoms with Gasteiger partial charge in [0.1, 0.15) is 17.9 Å². The molecule has 35 heavy (non-hydrogen) atoms. The number of pyridine rings is 1. The molecule has 1 amide bonds. The molecule has 4 aromatic rings. The van der Waals surface area contributed by atoms with Crippen LogP contribution in [0.3, 0.4) is 0 Å². The Hall–Kier alpha value is -4.36. The Kier molecular flexibility index (Phi) is 6.98. The zero-order chi connectivity index (χ0) is 24.9. The van der Waals surface area contributed by atoms with Crippen LogP contribution in [0.4, 0.5) is 15.9 Å². The van der Waals surface area contributed by atoms with E-state index in [2.05, 4.69) is 31.1 Å². The maximum atomic E-state index is 14.9. The Bertz CT molecular complexity index is 1410. The van der Waals surface area contributed by atoms with Crippen LogP contribution < -0.4 is 10.6 Å². The van der Waals surface area contributed by atoms with Gasteiger partial charge in [-0.25, -0.2) is 14.1 Å². The van der Waals surface area contributed by atoms with E-state index < -0.39 is 5.91 Å². The molecule has 11 heteroatoms. The van der Waals surface area contributed by atoms with Crippen molar-refractivity contribution in [2.24, 2.45) is 7.05 Å². The number of rotatable bonds is 7. The monoisotopic (exact) mass is 490 g/mol. The van der Waals surface area contributed by atoms with Crippen LogP contribution in [0.15, 0.2) is 54.7 Å². The van der Waals surface area contributed by atoms with Crippen molar-refractivity contribution < 1.29 is 9.18 Å². The molecule has 0 aliphatic heterocycles. The number of nitrogens with zero attached hydrogens (tertiary/aromatic N) is 6. The fourth-order valence-electron chi connectivity index (χ4n) is 3.61. The third kappa shape index (κ3) is 5.10. The number of carbonyl (C=O) groups is 1. The SMILES string of the molecule is CC(Nc1nccc(Cl)c1NC(=O)CC#N)c1ccc(-c2c(F)cccc2-c2nnnn2C)cc1. The quantitative estimate of drug-likeness (QED) is 0.383. The van der Waals surface area contributed by atoms with E-state index in [4.69, 9.17) is 16.9 Å². The lowest BCUT2D eigenvalue weighted by Gasteiger charge is -2.19. The average Bonchev–Trinajstić information content (AvgIpc) is 3.27. The van der Waals surface area contributed by atoms with Gasteiger partial charge in [0.2, 0.25) is 5.91 Å². The highest BCUT2D eigenvalue weighted by atomic mass is 35.5. The number of aromatic nitrogens is 5. The maximum Gasteiger partial charge on any atom is 0.238 e. The molecule has 1 atom stereocenters. The molecule has 2 N–H and O–H groups in total. The highest BCUT2D eigenvalue weighted by Crippen LogP contribution is 2.35. The zero-order valence-electron chi connectivity index (χ0n) is 18.8. The smallest absolute Gasteiger partial charge is 0.238 e. The predicted octanol–water partition coefficient (Wildman–Crippen LogP) is 4.76. The van der Waals surface area contributed by atoms with Gasteiger partial charge < -0.3 is 10.6 Å². The van der Waals surface area contributed by atoms with Crippen LogP contribution in [0, 0.1) is 17.1 Å². The van der Waals surface area contributed by atoms with E-state index in [1.54, 1.807) is 31.3 Å². The van der Waals surface area contributed by atoms with Crippen molar-refractivity contribution in [1.82, 2.24) is 25.2 Å². The molecule has 0 aliphatic carbocycles. The lowest BCUT2D eigenvalue weighted by atomic mass is 9.96. The highest BCUT2D eigenvalue weighted by molar-refractivity contribution is 6.34. The van der Waals surface area contributed by atoms with E-state index in [-0.39, 0.29) is 18.3 Å². The van der Waals surface area contributed by atoms with Crippen molar-refractivity contribution in [2.45, 2.75) is 19.4 Å². The lowest BCUT2D eigenvalue weighted by molar-refractivity contribution is -0.115. The average molecular weight is 491 g/mol. The van der Waals surface area contributed by atoms with Gasteiger partial charge in [0.05, 0.1) is 17.1 Å². The third-order valence-corrected chi connectivity index (χ3v) is 5.65. The van der Waals surface area contributed by atoms with E-state index in [9.17, 15) is 9.18 Å². The first kappa shape index (κ1) is 23.8. The molecule has 4 rings (SSSR count). The van der Waals surface area contributed by atoms with Gasteiger partial charge in [-0.15, -0.1) is 5.10 Å². The molecular weight excluding hydrogens is 471 g/mol. The second-order valence-corrected chi connectivity index (χ2v) is 8.08. The number of aryl methyl sites for hydroxylation is 1. The van der Waals surface area contributed by atoms with Gasteiger partial charge in [-0.05, 0) is 40.6 Å². The van der Waals surface area contributed by atoms with E-state index in [0.717, 1.165) is 5.56 Å². The summed E-state index contributed by atoms with van der Waals surface area (Å²) in [7, 11) is 1.70. The Morgan fingerprint density at radius 2 is 2.00 bits per heavy atom. The van der Waals surface area contributed by atoms with Gasteiger partial charge in [-0.3, -0.25) is 4.79 Å². The summed E-state index contributed by atoms with van der Waals surface area (Å²) in [6.07, 6.45) is 1.21. The molecule has 0 fully saturated rings. The number of nitrogens with one attached hydrogen (secondary N) is 2. The van der Waals surface area contributed by atoms with Crippen LogP contribution in [-0.4, -0.2) is 31.1 Å². The molecule has 0 aliphatic rings. The summed E-state index contributed by atoms with van der Waals surface area (Å²) >= 11 is 6.25. The van der Waals surface area contributed by atoms with Gasteiger partial charge in [0, 0.05) is 24.4 Å². The summed E-state index contributed by atoms with van der Waals surface area (Å²) in [6.45, 7) is 1.91. The molecule has 1 unspecified atom stereocenters. The minimum absolute atomic E-state index is 0.232. The number of benzene rings is 2. The number of anilines is 2. The first-order valence-electron chi connectivity index (χ1n) is 10.6. The highest BCUT2D eigenvalue weighted by Gasteiger charge is 2.18. The summed E-state index contributed by atoms with van der Waals surface area (Å²) in [6, 6.07) is 15.3. The lowest BCUT2D eigenvalue weighted by Crippen LogP contribution is -2.15. The van der Waals surface area contributed by atoms with Gasteiger partial charge in [-0.2, -0.15) is 5.26 Å². The number of carbonyl (C=O) groups excluding carboxylic acids is 1. The van der Waals surface area contributed by atoms with E-state index >= 15 is 0 Å². The van der Waals surface area contributed by atoms with Crippen molar-refractivity contribution in [3.8, 4) is 28.6 Å². The molecule has 2 aromatic carbocycles. The van der Waals surface area contributed by atoms with Gasteiger partial charge in [0.25, 0.3) is 0 Å². The van der Waals surface area contributed by atoms with Crippen molar-refractivity contribution in [3.63, 3.8) is 0 Å². The minimum Gasteiger partial charge on any atom is -0.362 e. The number of hydrogen-bond acceptors (Lipinski definition) is 7. The van der Waals surface area contributed by atoms with Crippen molar-refractivity contribution in [2.75, 3.05) is 10.6 Å². The zero-order valence-corrected chi connectivity index (χ0v) is 19.6. The maximum absolute atomic E-state index is 14.9. The second kappa shape index (κ2) is 10.3. The first-order chi connectivity index (χ1) is 16.9. The molecule has 0 radical (unpaired) electrons. The summed E-state index contributed by atoms with van der Waals surface area (Å²) < 4.78 is 16.4. The van der Waals surface area contributed by atoms with Gasteiger partial charge in [0.15, 0.2) is 11.6 Å². The van der Waals surface area contributed by atoms with E-state index in [1.165, 1.54) is 16.9 Å². The summed E-state index contributed by atoms with van der Waals surface area (Å²) in [5, 5.41) is 26.4. The van der Waals surface area contributed by atoms with Crippen LogP contribution in [0.25, 0.3) is 22.5 Å². The first-order valence-corrected chi connectivity index (χ1v) is 11.0. The van der Waals surface area contributed by atoms with Crippen molar-refractivity contribution in [1.29, 1.82) is 5.26 Å². The number of hydrogen-bond donors (Lipinski definition) is 2. The Morgan fingerprint density at radius 3 is 2.69 bits per heavy atom. The van der Waals surface area contributed by atoms with Crippen LogP contribution in [-0.2, 0) is 11.8 Å². The van der Waals surface area contributed by atoms with Crippen molar-refractivity contribution >= 4 is 29.0 Å². The molecule has 0 spiro atoms. The largest absolute Gasteiger partial charge is 0.362 e. The summed E-state index contributed by atoms with van der Waals surface area (Å²) in [5.74, 6) is -0.0466. The standard InChI is InChI=1S/C24H20ClFN8O/c1-14(29-23-22(18(25)11-13-28-23)30-20(35)10-12-27)15-6-8-16(9-7-15)21-17(4-3-5-19(21)26)24-31-32-33-34(24)2/h3-9,11,13-14H,10H2,1-2H3,(H,28,29)(H,30,35). The van der Waals surface area contributed by atoms with Crippen LogP contribution >= 0.6 is 11.6 Å². The molecule has 9 nitrogen and oxygen atoms in total. The molecule has 176 valence electrons. The van der Waals surface area contributed by atoms with E-state index in [1.807, 2.05) is 31.2 Å².